The van der Waals surface area contributed by atoms with Crippen molar-refractivity contribution in [3.05, 3.63) is 23.8 Å². The largest absolute Gasteiger partial charge is 0.497 e. The number of aryl methyl sites for hydroxylation is 1. The summed E-state index contributed by atoms with van der Waals surface area (Å²) in [6.07, 6.45) is 0.555. The first-order valence-corrected chi connectivity index (χ1v) is 7.63. The Labute approximate surface area is 144 Å². The predicted octanol–water partition coefficient (Wildman–Crippen LogP) is 2.90. The van der Waals surface area contributed by atoms with Crippen LogP contribution in [0.4, 0.5) is 5.69 Å². The highest BCUT2D eigenvalue weighted by Gasteiger charge is 2.62. The normalized spacial score (nSPS) is 25.0. The smallest absolute Gasteiger partial charge is 0.245 e. The van der Waals surface area contributed by atoms with Crippen LogP contribution in [-0.2, 0) is 9.53 Å². The van der Waals surface area contributed by atoms with Crippen molar-refractivity contribution in [2.75, 3.05) is 19.0 Å². The Balaban J connectivity index is 0.00000264. The van der Waals surface area contributed by atoms with Crippen molar-refractivity contribution in [3.63, 3.8) is 0 Å². The van der Waals surface area contributed by atoms with E-state index in [0.717, 1.165) is 17.0 Å². The molecule has 1 amide bonds. The van der Waals surface area contributed by atoms with Gasteiger partial charge in [-0.15, -0.1) is 12.4 Å². The lowest BCUT2D eigenvalue weighted by Gasteiger charge is -2.57. The van der Waals surface area contributed by atoms with E-state index in [2.05, 4.69) is 5.32 Å². The van der Waals surface area contributed by atoms with E-state index in [0.29, 0.717) is 13.0 Å². The van der Waals surface area contributed by atoms with Gasteiger partial charge in [-0.25, -0.2) is 0 Å². The number of amides is 1. The summed E-state index contributed by atoms with van der Waals surface area (Å²) < 4.78 is 10.8. The molecule has 0 spiro atoms. The third-order valence-electron chi connectivity index (χ3n) is 4.92. The van der Waals surface area contributed by atoms with Gasteiger partial charge >= 0.3 is 0 Å². The van der Waals surface area contributed by atoms with E-state index in [4.69, 9.17) is 15.2 Å². The molecule has 1 aliphatic carbocycles. The van der Waals surface area contributed by atoms with E-state index in [-0.39, 0.29) is 24.4 Å². The van der Waals surface area contributed by atoms with Crippen LogP contribution in [0.15, 0.2) is 18.2 Å². The van der Waals surface area contributed by atoms with E-state index in [1.807, 2.05) is 45.9 Å². The molecule has 0 aromatic heterocycles. The van der Waals surface area contributed by atoms with Gasteiger partial charge < -0.3 is 20.5 Å². The second-order valence-electron chi connectivity index (χ2n) is 6.48. The molecule has 2 unspecified atom stereocenters. The summed E-state index contributed by atoms with van der Waals surface area (Å²) in [6.45, 7) is 8.47. The number of nitrogens with two attached hydrogens (primary N) is 1. The van der Waals surface area contributed by atoms with Gasteiger partial charge in [0.25, 0.3) is 0 Å². The van der Waals surface area contributed by atoms with Gasteiger partial charge in [0, 0.05) is 24.1 Å². The molecule has 1 aromatic carbocycles. The van der Waals surface area contributed by atoms with Gasteiger partial charge in [-0.05, 0) is 37.6 Å². The molecule has 0 aliphatic heterocycles. The number of ether oxygens (including phenoxy) is 2. The number of nitrogens with one attached hydrogen (secondary N) is 1. The molecule has 0 radical (unpaired) electrons. The fourth-order valence-corrected chi connectivity index (χ4v) is 2.96. The van der Waals surface area contributed by atoms with E-state index >= 15 is 0 Å². The lowest BCUT2D eigenvalue weighted by Crippen LogP contribution is -2.74. The van der Waals surface area contributed by atoms with Crippen molar-refractivity contribution in [2.24, 2.45) is 11.1 Å². The molecule has 2 atom stereocenters. The first kappa shape index (κ1) is 19.7. The maximum atomic E-state index is 12.7. The zero-order chi connectivity index (χ0) is 16.5. The zero-order valence-corrected chi connectivity index (χ0v) is 15.3. The van der Waals surface area contributed by atoms with E-state index in [1.165, 1.54) is 0 Å². The minimum Gasteiger partial charge on any atom is -0.497 e. The number of hydrogen-bond acceptors (Lipinski definition) is 4. The average molecular weight is 343 g/mol. The number of carbonyl (C=O) groups excluding carboxylic acids is 1. The summed E-state index contributed by atoms with van der Waals surface area (Å²) >= 11 is 0. The molecule has 130 valence electrons. The van der Waals surface area contributed by atoms with Crippen molar-refractivity contribution in [2.45, 2.75) is 45.8 Å². The average Bonchev–Trinajstić information content (AvgIpc) is 2.48. The third kappa shape index (κ3) is 3.32. The molecular weight excluding hydrogens is 316 g/mol. The van der Waals surface area contributed by atoms with Gasteiger partial charge in [0.15, 0.2) is 0 Å². The van der Waals surface area contributed by atoms with E-state index < -0.39 is 11.0 Å². The second-order valence-corrected chi connectivity index (χ2v) is 6.48. The number of methoxy groups -OCH3 is 1. The van der Waals surface area contributed by atoms with Gasteiger partial charge in [-0.3, -0.25) is 4.79 Å². The molecule has 1 saturated carbocycles. The van der Waals surface area contributed by atoms with Crippen LogP contribution in [0.5, 0.6) is 5.75 Å². The standard InChI is InChI=1S/C17H26N2O3.ClH/c1-6-22-14-10-17(18,16(14,3)4)15(20)19-13-8-7-12(21-5)9-11(13)2;/h7-9,14H,6,10,18H2,1-5H3,(H,19,20);1H. The lowest BCUT2D eigenvalue weighted by molar-refractivity contribution is -0.166. The monoisotopic (exact) mass is 342 g/mol. The fourth-order valence-electron chi connectivity index (χ4n) is 2.96. The van der Waals surface area contributed by atoms with Gasteiger partial charge in [0.2, 0.25) is 5.91 Å². The van der Waals surface area contributed by atoms with Crippen LogP contribution in [0.25, 0.3) is 0 Å². The van der Waals surface area contributed by atoms with Crippen molar-refractivity contribution in [3.8, 4) is 5.75 Å². The SMILES string of the molecule is CCOC1CC(N)(C(=O)Nc2ccc(OC)cc2C)C1(C)C.Cl. The number of anilines is 1. The van der Waals surface area contributed by atoms with Crippen LogP contribution >= 0.6 is 12.4 Å². The summed E-state index contributed by atoms with van der Waals surface area (Å²) in [5.41, 5.74) is 6.76. The second kappa shape index (κ2) is 7.07. The summed E-state index contributed by atoms with van der Waals surface area (Å²) in [7, 11) is 1.62. The van der Waals surface area contributed by atoms with Crippen molar-refractivity contribution in [1.29, 1.82) is 0 Å². The van der Waals surface area contributed by atoms with Gasteiger partial charge in [-0.1, -0.05) is 13.8 Å². The Morgan fingerprint density at radius 1 is 1.43 bits per heavy atom. The molecule has 0 bridgehead atoms. The first-order valence-electron chi connectivity index (χ1n) is 7.63. The highest BCUT2D eigenvalue weighted by atomic mass is 35.5. The van der Waals surface area contributed by atoms with Crippen molar-refractivity contribution >= 4 is 24.0 Å². The van der Waals surface area contributed by atoms with Crippen LogP contribution in [0.1, 0.15) is 32.8 Å². The summed E-state index contributed by atoms with van der Waals surface area (Å²) in [4.78, 5) is 12.7. The van der Waals surface area contributed by atoms with Gasteiger partial charge in [-0.2, -0.15) is 0 Å². The molecule has 23 heavy (non-hydrogen) atoms. The fraction of sp³-hybridized carbons (Fsp3) is 0.588. The van der Waals surface area contributed by atoms with Crippen LogP contribution in [0.2, 0.25) is 0 Å². The number of halogens is 1. The first-order chi connectivity index (χ1) is 10.3. The third-order valence-corrected chi connectivity index (χ3v) is 4.92. The van der Waals surface area contributed by atoms with Crippen LogP contribution < -0.4 is 15.8 Å². The molecule has 0 saturated heterocycles. The van der Waals surface area contributed by atoms with E-state index in [9.17, 15) is 4.79 Å². The topological polar surface area (TPSA) is 73.6 Å². The number of benzene rings is 1. The molecule has 6 heteroatoms. The maximum Gasteiger partial charge on any atom is 0.245 e. The minimum atomic E-state index is -0.917. The zero-order valence-electron chi connectivity index (χ0n) is 14.4. The lowest BCUT2D eigenvalue weighted by atomic mass is 9.54. The molecule has 3 N–H and O–H groups in total. The number of hydrogen-bond donors (Lipinski definition) is 2. The Morgan fingerprint density at radius 3 is 2.57 bits per heavy atom. The molecule has 1 aliphatic rings. The highest BCUT2D eigenvalue weighted by molar-refractivity contribution is 6.00. The molecular formula is C17H27ClN2O3. The van der Waals surface area contributed by atoms with Gasteiger partial charge in [0.05, 0.1) is 13.2 Å². The molecule has 5 nitrogen and oxygen atoms in total. The predicted molar refractivity (Wildman–Crippen MR) is 94.3 cm³/mol. The molecule has 0 heterocycles. The van der Waals surface area contributed by atoms with E-state index in [1.54, 1.807) is 7.11 Å². The minimum absolute atomic E-state index is 0. The Morgan fingerprint density at radius 2 is 2.09 bits per heavy atom. The number of carbonyl (C=O) groups is 1. The summed E-state index contributed by atoms with van der Waals surface area (Å²) in [6, 6.07) is 5.54. The van der Waals surface area contributed by atoms with Crippen molar-refractivity contribution in [1.82, 2.24) is 0 Å². The Hall–Kier alpha value is -1.30. The summed E-state index contributed by atoms with van der Waals surface area (Å²) in [5, 5.41) is 2.95. The summed E-state index contributed by atoms with van der Waals surface area (Å²) in [5.74, 6) is 0.597. The number of rotatable bonds is 5. The van der Waals surface area contributed by atoms with Crippen LogP contribution in [0.3, 0.4) is 0 Å². The molecule has 2 rings (SSSR count). The highest BCUT2D eigenvalue weighted by Crippen LogP contribution is 2.50. The molecule has 1 fully saturated rings. The van der Waals surface area contributed by atoms with Gasteiger partial charge in [0.1, 0.15) is 11.3 Å². The Kier molecular flexibility index (Phi) is 6.07. The van der Waals surface area contributed by atoms with Crippen LogP contribution in [-0.4, -0.2) is 31.3 Å². The van der Waals surface area contributed by atoms with Crippen LogP contribution in [0, 0.1) is 12.3 Å². The van der Waals surface area contributed by atoms with Crippen molar-refractivity contribution < 1.29 is 14.3 Å². The Bertz CT molecular complexity index is 577. The molecule has 1 aromatic rings. The maximum absolute atomic E-state index is 12.7. The quantitative estimate of drug-likeness (QED) is 0.862.